The van der Waals surface area contributed by atoms with Gasteiger partial charge in [-0.1, -0.05) is 12.1 Å². The normalized spacial score (nSPS) is 21.7. The summed E-state index contributed by atoms with van der Waals surface area (Å²) in [6, 6.07) is -0.204. The van der Waals surface area contributed by atoms with E-state index in [1.54, 1.807) is 4.90 Å². The van der Waals surface area contributed by atoms with E-state index in [4.69, 9.17) is 9.63 Å². The van der Waals surface area contributed by atoms with Gasteiger partial charge in [0, 0.05) is 25.2 Å². The van der Waals surface area contributed by atoms with Gasteiger partial charge in [0.1, 0.15) is 5.76 Å². The SMILES string of the molecule is Cc1noc(C)c1CCNC(=O)N1CC(C)CC(C(=O)O)C1. The topological polar surface area (TPSA) is 95.7 Å². The van der Waals surface area contributed by atoms with Crippen molar-refractivity contribution in [3.8, 4) is 0 Å². The number of carboxylic acid groups (broad SMARTS) is 1. The number of hydrogen-bond donors (Lipinski definition) is 2. The minimum atomic E-state index is -0.833. The molecule has 1 aliphatic heterocycles. The fraction of sp³-hybridized carbons (Fsp3) is 0.667. The molecule has 2 N–H and O–H groups in total. The molecule has 7 nitrogen and oxygen atoms in total. The molecule has 0 bridgehead atoms. The number of nitrogens with one attached hydrogen (secondary N) is 1. The zero-order valence-corrected chi connectivity index (χ0v) is 13.3. The Morgan fingerprint density at radius 2 is 2.14 bits per heavy atom. The molecule has 22 heavy (non-hydrogen) atoms. The highest BCUT2D eigenvalue weighted by Gasteiger charge is 2.31. The molecule has 2 amide bonds. The van der Waals surface area contributed by atoms with Crippen LogP contribution in [0.5, 0.6) is 0 Å². The summed E-state index contributed by atoms with van der Waals surface area (Å²) in [5.41, 5.74) is 1.85. The fourth-order valence-corrected chi connectivity index (χ4v) is 2.96. The number of nitrogens with zero attached hydrogens (tertiary/aromatic N) is 2. The number of aliphatic carboxylic acids is 1. The lowest BCUT2D eigenvalue weighted by molar-refractivity contribution is -0.143. The summed E-state index contributed by atoms with van der Waals surface area (Å²) in [7, 11) is 0. The first kappa shape index (κ1) is 16.3. The van der Waals surface area contributed by atoms with Crippen LogP contribution in [-0.2, 0) is 11.2 Å². The van der Waals surface area contributed by atoms with Gasteiger partial charge >= 0.3 is 12.0 Å². The minimum Gasteiger partial charge on any atom is -0.481 e. The largest absolute Gasteiger partial charge is 0.481 e. The Morgan fingerprint density at radius 3 is 2.73 bits per heavy atom. The molecule has 2 unspecified atom stereocenters. The molecule has 1 aliphatic rings. The first-order valence-corrected chi connectivity index (χ1v) is 7.55. The Hall–Kier alpha value is -2.05. The van der Waals surface area contributed by atoms with Gasteiger partial charge < -0.3 is 19.8 Å². The van der Waals surface area contributed by atoms with Crippen LogP contribution in [0.4, 0.5) is 4.79 Å². The highest BCUT2D eigenvalue weighted by atomic mass is 16.5. The van der Waals surface area contributed by atoms with Crippen molar-refractivity contribution < 1.29 is 19.2 Å². The van der Waals surface area contributed by atoms with Gasteiger partial charge in [-0.3, -0.25) is 4.79 Å². The number of piperidine rings is 1. The summed E-state index contributed by atoms with van der Waals surface area (Å²) in [6.07, 6.45) is 1.27. The maximum absolute atomic E-state index is 12.2. The average molecular weight is 309 g/mol. The number of rotatable bonds is 4. The Labute approximate surface area is 129 Å². The lowest BCUT2D eigenvalue weighted by Crippen LogP contribution is -2.49. The van der Waals surface area contributed by atoms with Crippen LogP contribution < -0.4 is 5.32 Å². The predicted molar refractivity (Wildman–Crippen MR) is 79.6 cm³/mol. The number of aromatic nitrogens is 1. The van der Waals surface area contributed by atoms with Crippen LogP contribution in [0, 0.1) is 25.7 Å². The highest BCUT2D eigenvalue weighted by molar-refractivity contribution is 5.76. The third-order valence-corrected chi connectivity index (χ3v) is 4.13. The van der Waals surface area contributed by atoms with E-state index < -0.39 is 11.9 Å². The van der Waals surface area contributed by atoms with Gasteiger partial charge in [-0.15, -0.1) is 0 Å². The van der Waals surface area contributed by atoms with Crippen LogP contribution >= 0.6 is 0 Å². The van der Waals surface area contributed by atoms with Crippen molar-refractivity contribution in [1.29, 1.82) is 0 Å². The third-order valence-electron chi connectivity index (χ3n) is 4.13. The number of urea groups is 1. The van der Waals surface area contributed by atoms with Crippen molar-refractivity contribution in [2.45, 2.75) is 33.6 Å². The second-order valence-corrected chi connectivity index (χ2v) is 6.07. The molecule has 0 spiro atoms. The third kappa shape index (κ3) is 3.78. The van der Waals surface area contributed by atoms with Crippen LogP contribution in [0.25, 0.3) is 0 Å². The lowest BCUT2D eigenvalue weighted by atomic mass is 9.91. The quantitative estimate of drug-likeness (QED) is 0.880. The molecule has 122 valence electrons. The van der Waals surface area contributed by atoms with E-state index in [0.717, 1.165) is 17.0 Å². The molecular weight excluding hydrogens is 286 g/mol. The summed E-state index contributed by atoms with van der Waals surface area (Å²) in [4.78, 5) is 24.9. The summed E-state index contributed by atoms with van der Waals surface area (Å²) < 4.78 is 5.09. The fourth-order valence-electron chi connectivity index (χ4n) is 2.96. The molecule has 2 rings (SSSR count). The number of amides is 2. The number of carbonyl (C=O) groups excluding carboxylic acids is 1. The molecule has 0 saturated carbocycles. The van der Waals surface area contributed by atoms with E-state index in [2.05, 4.69) is 10.5 Å². The summed E-state index contributed by atoms with van der Waals surface area (Å²) in [5, 5.41) is 15.9. The van der Waals surface area contributed by atoms with Crippen LogP contribution in [0.1, 0.15) is 30.4 Å². The van der Waals surface area contributed by atoms with Crippen LogP contribution in [0.3, 0.4) is 0 Å². The molecule has 0 aliphatic carbocycles. The van der Waals surface area contributed by atoms with E-state index >= 15 is 0 Å². The molecule has 2 atom stereocenters. The number of hydrogen-bond acceptors (Lipinski definition) is 4. The van der Waals surface area contributed by atoms with Gasteiger partial charge in [-0.25, -0.2) is 4.79 Å². The van der Waals surface area contributed by atoms with Crippen molar-refractivity contribution in [3.05, 3.63) is 17.0 Å². The first-order valence-electron chi connectivity index (χ1n) is 7.55. The van der Waals surface area contributed by atoms with Gasteiger partial charge in [-0.05, 0) is 32.6 Å². The second-order valence-electron chi connectivity index (χ2n) is 6.07. The summed E-state index contributed by atoms with van der Waals surface area (Å²) in [6.45, 7) is 7.04. The Balaban J connectivity index is 1.85. The highest BCUT2D eigenvalue weighted by Crippen LogP contribution is 2.21. The van der Waals surface area contributed by atoms with Gasteiger partial charge in [0.05, 0.1) is 11.6 Å². The zero-order chi connectivity index (χ0) is 16.3. The molecule has 0 aromatic carbocycles. The molecule has 1 aromatic heterocycles. The molecular formula is C15H23N3O4. The minimum absolute atomic E-state index is 0.197. The smallest absolute Gasteiger partial charge is 0.317 e. The van der Waals surface area contributed by atoms with E-state index in [1.165, 1.54) is 0 Å². The molecule has 7 heteroatoms. The van der Waals surface area contributed by atoms with E-state index in [0.29, 0.717) is 25.9 Å². The summed E-state index contributed by atoms with van der Waals surface area (Å²) >= 11 is 0. The molecule has 1 saturated heterocycles. The maximum Gasteiger partial charge on any atom is 0.317 e. The number of aryl methyl sites for hydroxylation is 2. The van der Waals surface area contributed by atoms with Crippen LogP contribution in [0.2, 0.25) is 0 Å². The van der Waals surface area contributed by atoms with Crippen LogP contribution in [-0.4, -0.2) is 46.8 Å². The van der Waals surface area contributed by atoms with E-state index in [1.807, 2.05) is 20.8 Å². The van der Waals surface area contributed by atoms with E-state index in [-0.39, 0.29) is 18.5 Å². The van der Waals surface area contributed by atoms with Crippen molar-refractivity contribution in [3.63, 3.8) is 0 Å². The van der Waals surface area contributed by atoms with Crippen molar-refractivity contribution in [1.82, 2.24) is 15.4 Å². The monoisotopic (exact) mass is 309 g/mol. The molecule has 1 aromatic rings. The van der Waals surface area contributed by atoms with Crippen molar-refractivity contribution in [2.75, 3.05) is 19.6 Å². The van der Waals surface area contributed by atoms with Crippen molar-refractivity contribution in [2.24, 2.45) is 11.8 Å². The predicted octanol–water partition coefficient (Wildman–Crippen LogP) is 1.59. The number of likely N-dealkylation sites (tertiary alicyclic amines) is 1. The molecule has 2 heterocycles. The van der Waals surface area contributed by atoms with Crippen molar-refractivity contribution >= 4 is 12.0 Å². The van der Waals surface area contributed by atoms with Gasteiger partial charge in [-0.2, -0.15) is 0 Å². The van der Waals surface area contributed by atoms with Crippen LogP contribution in [0.15, 0.2) is 4.52 Å². The van der Waals surface area contributed by atoms with Gasteiger partial charge in [0.2, 0.25) is 0 Å². The molecule has 0 radical (unpaired) electrons. The zero-order valence-electron chi connectivity index (χ0n) is 13.3. The molecule has 1 fully saturated rings. The van der Waals surface area contributed by atoms with Gasteiger partial charge in [0.25, 0.3) is 0 Å². The summed E-state index contributed by atoms with van der Waals surface area (Å²) in [5.74, 6) is -0.343. The van der Waals surface area contributed by atoms with Gasteiger partial charge in [0.15, 0.2) is 0 Å². The maximum atomic E-state index is 12.2. The first-order chi connectivity index (χ1) is 10.4. The number of carboxylic acids is 1. The van der Waals surface area contributed by atoms with E-state index in [9.17, 15) is 9.59 Å². The Kier molecular flexibility index (Phi) is 5.05. The Bertz CT molecular complexity index is 535. The average Bonchev–Trinajstić information content (AvgIpc) is 2.78. The lowest BCUT2D eigenvalue weighted by Gasteiger charge is -2.34. The standard InChI is InChI=1S/C15H23N3O4/c1-9-6-12(14(19)20)8-18(7-9)15(21)16-5-4-13-10(2)17-22-11(13)3/h9,12H,4-8H2,1-3H3,(H,16,21)(H,19,20). The Morgan fingerprint density at radius 1 is 1.41 bits per heavy atom. The number of carbonyl (C=O) groups is 2. The second kappa shape index (κ2) is 6.81.